The highest BCUT2D eigenvalue weighted by Gasteiger charge is 2.16. The van der Waals surface area contributed by atoms with Crippen molar-refractivity contribution in [2.45, 2.75) is 18.2 Å². The van der Waals surface area contributed by atoms with Gasteiger partial charge in [-0.1, -0.05) is 30.3 Å². The Morgan fingerprint density at radius 2 is 1.52 bits per heavy atom. The van der Waals surface area contributed by atoms with Crippen molar-refractivity contribution >= 4 is 20.0 Å². The Morgan fingerprint density at radius 1 is 0.897 bits per heavy atom. The number of rotatable bonds is 7. The van der Waals surface area contributed by atoms with Gasteiger partial charge in [0.1, 0.15) is 0 Å². The summed E-state index contributed by atoms with van der Waals surface area (Å²) in [6.45, 7) is 2.03. The van der Waals surface area contributed by atoms with Gasteiger partial charge in [0.2, 0.25) is 0 Å². The molecule has 0 saturated heterocycles. The monoisotopic (exact) mass is 433 g/mol. The summed E-state index contributed by atoms with van der Waals surface area (Å²) in [5.41, 5.74) is 4.64. The number of hydrogen-bond donors (Lipinski definition) is 0. The molecule has 6 nitrogen and oxygen atoms in total. The molecule has 0 atom stereocenters. The number of sulfone groups is 1. The fourth-order valence-corrected chi connectivity index (χ4v) is 4.23. The van der Waals surface area contributed by atoms with E-state index in [1.165, 1.54) is 6.26 Å². The minimum Gasteiger partial charge on any atom is -0.314 e. The zero-order chi connectivity index (χ0) is 21.2. The zero-order valence-electron chi connectivity index (χ0n) is 16.5. The van der Waals surface area contributed by atoms with Gasteiger partial charge < -0.3 is 4.57 Å². The largest absolute Gasteiger partial charge is 0.314 e. The van der Waals surface area contributed by atoms with Gasteiger partial charge in [-0.25, -0.2) is 8.42 Å². The first-order valence-corrected chi connectivity index (χ1v) is 12.7. The minimum atomic E-state index is -3.50. The summed E-state index contributed by atoms with van der Waals surface area (Å²) < 4.78 is 53.0. The fourth-order valence-electron chi connectivity index (χ4n) is 3.21. The second-order valence-corrected chi connectivity index (χ2v) is 10.5. The highest BCUT2D eigenvalue weighted by molar-refractivity contribution is 7.90. The first-order chi connectivity index (χ1) is 13.6. The SMILES string of the molecule is Cc1c(CCOS(C)(=O)=O)cc(-c2ccc(S(C)(=O)=O)cc2)n1-c1ccccc1. The van der Waals surface area contributed by atoms with Crippen LogP contribution in [-0.2, 0) is 30.6 Å². The molecule has 0 aliphatic rings. The Hall–Kier alpha value is -2.42. The third-order valence-corrected chi connectivity index (χ3v) is 6.34. The van der Waals surface area contributed by atoms with Gasteiger partial charge in [0.05, 0.1) is 23.5 Å². The van der Waals surface area contributed by atoms with Crippen LogP contribution in [0.4, 0.5) is 0 Å². The summed E-state index contributed by atoms with van der Waals surface area (Å²) in [6.07, 6.45) is 2.65. The van der Waals surface area contributed by atoms with E-state index in [9.17, 15) is 16.8 Å². The Bertz CT molecular complexity index is 1210. The number of benzene rings is 2. The van der Waals surface area contributed by atoms with Gasteiger partial charge in [0, 0.05) is 17.6 Å². The number of nitrogens with zero attached hydrogens (tertiary/aromatic N) is 1. The van der Waals surface area contributed by atoms with Crippen LogP contribution >= 0.6 is 0 Å². The lowest BCUT2D eigenvalue weighted by Gasteiger charge is -2.13. The number of aromatic nitrogens is 1. The van der Waals surface area contributed by atoms with E-state index in [0.717, 1.165) is 34.5 Å². The van der Waals surface area contributed by atoms with Gasteiger partial charge in [-0.15, -0.1) is 0 Å². The van der Waals surface area contributed by atoms with Crippen molar-refractivity contribution in [3.8, 4) is 16.9 Å². The van der Waals surface area contributed by atoms with Gasteiger partial charge in [-0.2, -0.15) is 8.42 Å². The van der Waals surface area contributed by atoms with E-state index in [0.29, 0.717) is 6.42 Å². The van der Waals surface area contributed by atoms with Crippen molar-refractivity contribution in [2.75, 3.05) is 19.1 Å². The van der Waals surface area contributed by atoms with Crippen LogP contribution in [0.2, 0.25) is 0 Å². The molecule has 29 heavy (non-hydrogen) atoms. The molecule has 0 radical (unpaired) electrons. The van der Waals surface area contributed by atoms with Crippen LogP contribution in [0.5, 0.6) is 0 Å². The third kappa shape index (κ3) is 5.14. The Kier molecular flexibility index (Phi) is 5.97. The van der Waals surface area contributed by atoms with Crippen LogP contribution in [0.1, 0.15) is 11.3 Å². The first kappa shape index (κ1) is 21.3. The molecule has 2 aromatic carbocycles. The average molecular weight is 434 g/mol. The molecule has 0 N–H and O–H groups in total. The molecule has 0 bridgehead atoms. The summed E-state index contributed by atoms with van der Waals surface area (Å²) >= 11 is 0. The Balaban J connectivity index is 2.06. The second kappa shape index (κ2) is 8.14. The molecule has 0 amide bonds. The van der Waals surface area contributed by atoms with Crippen molar-refractivity contribution in [3.05, 3.63) is 71.9 Å². The van der Waals surface area contributed by atoms with Gasteiger partial charge in [-0.05, 0) is 54.8 Å². The molecule has 0 aliphatic heterocycles. The fraction of sp³-hybridized carbons (Fsp3) is 0.238. The normalized spacial score (nSPS) is 12.2. The molecule has 154 valence electrons. The Labute approximate surface area is 171 Å². The standard InChI is InChI=1S/C21H23NO5S2/c1-16-18(13-14-27-29(3,25)26)15-21(22(16)19-7-5-4-6-8-19)17-9-11-20(12-10-17)28(2,23)24/h4-12,15H,13-14H2,1-3H3. The van der Waals surface area contributed by atoms with Crippen molar-refractivity contribution in [3.63, 3.8) is 0 Å². The number of para-hydroxylation sites is 1. The third-order valence-electron chi connectivity index (χ3n) is 4.61. The molecule has 0 saturated carbocycles. The van der Waals surface area contributed by atoms with Gasteiger partial charge in [0.15, 0.2) is 9.84 Å². The van der Waals surface area contributed by atoms with Crippen LogP contribution in [0.15, 0.2) is 65.6 Å². The lowest BCUT2D eigenvalue weighted by atomic mass is 10.1. The predicted molar refractivity (Wildman–Crippen MR) is 114 cm³/mol. The lowest BCUT2D eigenvalue weighted by molar-refractivity contribution is 0.325. The molecule has 1 aromatic heterocycles. The van der Waals surface area contributed by atoms with Crippen LogP contribution in [0.3, 0.4) is 0 Å². The molecule has 3 rings (SSSR count). The van der Waals surface area contributed by atoms with E-state index in [2.05, 4.69) is 4.57 Å². The molecule has 0 unspecified atom stereocenters. The van der Waals surface area contributed by atoms with Crippen LogP contribution < -0.4 is 0 Å². The number of hydrogen-bond acceptors (Lipinski definition) is 5. The van der Waals surface area contributed by atoms with Crippen molar-refractivity contribution in [1.29, 1.82) is 0 Å². The smallest absolute Gasteiger partial charge is 0.264 e. The average Bonchev–Trinajstić information content (AvgIpc) is 2.97. The quantitative estimate of drug-likeness (QED) is 0.534. The highest BCUT2D eigenvalue weighted by Crippen LogP contribution is 2.30. The van der Waals surface area contributed by atoms with Gasteiger partial charge in [0.25, 0.3) is 10.1 Å². The van der Waals surface area contributed by atoms with Crippen molar-refractivity contribution in [2.24, 2.45) is 0 Å². The predicted octanol–water partition coefficient (Wildman–Crippen LogP) is 3.37. The van der Waals surface area contributed by atoms with E-state index in [1.54, 1.807) is 24.3 Å². The topological polar surface area (TPSA) is 82.4 Å². The summed E-state index contributed by atoms with van der Waals surface area (Å²) in [5, 5.41) is 0. The maximum Gasteiger partial charge on any atom is 0.264 e. The van der Waals surface area contributed by atoms with Crippen molar-refractivity contribution < 1.29 is 21.0 Å². The summed E-state index contributed by atoms with van der Waals surface area (Å²) in [6, 6.07) is 18.5. The summed E-state index contributed by atoms with van der Waals surface area (Å²) in [7, 11) is -6.77. The molecule has 3 aromatic rings. The van der Waals surface area contributed by atoms with E-state index < -0.39 is 20.0 Å². The van der Waals surface area contributed by atoms with Crippen LogP contribution in [0.25, 0.3) is 16.9 Å². The second-order valence-electron chi connectivity index (χ2n) is 6.88. The summed E-state index contributed by atoms with van der Waals surface area (Å²) in [5.74, 6) is 0. The van der Waals surface area contributed by atoms with E-state index >= 15 is 0 Å². The maximum absolute atomic E-state index is 11.8. The lowest BCUT2D eigenvalue weighted by Crippen LogP contribution is -2.07. The molecule has 1 heterocycles. The maximum atomic E-state index is 11.8. The van der Waals surface area contributed by atoms with Gasteiger partial charge >= 0.3 is 0 Å². The first-order valence-electron chi connectivity index (χ1n) is 8.98. The molecular weight excluding hydrogens is 410 g/mol. The van der Waals surface area contributed by atoms with Gasteiger partial charge in [-0.3, -0.25) is 4.18 Å². The van der Waals surface area contributed by atoms with Crippen LogP contribution in [0, 0.1) is 6.92 Å². The molecule has 0 aliphatic carbocycles. The summed E-state index contributed by atoms with van der Waals surface area (Å²) in [4.78, 5) is 0.262. The van der Waals surface area contributed by atoms with E-state index in [4.69, 9.17) is 4.18 Å². The molecule has 8 heteroatoms. The zero-order valence-corrected chi connectivity index (χ0v) is 18.1. The minimum absolute atomic E-state index is 0.0604. The van der Waals surface area contributed by atoms with Crippen molar-refractivity contribution in [1.82, 2.24) is 4.57 Å². The molecule has 0 fully saturated rings. The Morgan fingerprint density at radius 3 is 2.07 bits per heavy atom. The van der Waals surface area contributed by atoms with E-state index in [-0.39, 0.29) is 11.5 Å². The van der Waals surface area contributed by atoms with E-state index in [1.807, 2.05) is 43.3 Å². The molecule has 0 spiro atoms. The highest BCUT2D eigenvalue weighted by atomic mass is 32.2. The molecular formula is C21H23NO5S2. The van der Waals surface area contributed by atoms with Crippen LogP contribution in [-0.4, -0.2) is 40.5 Å².